The van der Waals surface area contributed by atoms with E-state index in [1.54, 1.807) is 18.2 Å². The van der Waals surface area contributed by atoms with Crippen molar-refractivity contribution in [3.63, 3.8) is 0 Å². The van der Waals surface area contributed by atoms with Crippen LogP contribution in [0.25, 0.3) is 0 Å². The van der Waals surface area contributed by atoms with Crippen molar-refractivity contribution in [2.24, 2.45) is 0 Å². The first-order valence-electron chi connectivity index (χ1n) is 5.30. The maximum atomic E-state index is 13.0. The minimum Gasteiger partial charge on any atom is -0.477 e. The number of hydrogen-bond acceptors (Lipinski definition) is 3. The number of hydrogen-bond donors (Lipinski definition) is 1. The first-order valence-corrected chi connectivity index (χ1v) is 5.68. The second kappa shape index (κ2) is 5.24. The smallest absolute Gasteiger partial charge is 0.341 e. The molecule has 0 amide bonds. The zero-order valence-corrected chi connectivity index (χ0v) is 10.6. The second-order valence-corrected chi connectivity index (χ2v) is 4.25. The van der Waals surface area contributed by atoms with E-state index >= 15 is 0 Å². The molecular formula is C13H9ClFNO3. The highest BCUT2D eigenvalue weighted by Crippen LogP contribution is 2.30. The fraction of sp³-hybridized carbons (Fsp3) is 0.0769. The van der Waals surface area contributed by atoms with Crippen molar-refractivity contribution in [2.45, 2.75) is 6.92 Å². The first-order chi connectivity index (χ1) is 8.97. The molecule has 1 aromatic heterocycles. The molecule has 1 heterocycles. The molecule has 0 fully saturated rings. The Morgan fingerprint density at radius 2 is 2.16 bits per heavy atom. The van der Waals surface area contributed by atoms with Gasteiger partial charge in [-0.1, -0.05) is 17.7 Å². The van der Waals surface area contributed by atoms with Crippen molar-refractivity contribution in [3.05, 3.63) is 52.4 Å². The van der Waals surface area contributed by atoms with Crippen molar-refractivity contribution in [3.8, 4) is 11.6 Å². The van der Waals surface area contributed by atoms with Crippen LogP contribution in [-0.4, -0.2) is 16.1 Å². The quantitative estimate of drug-likeness (QED) is 0.932. The SMILES string of the molecule is Cc1ccc(Oc2ncc(F)cc2C(=O)O)c(Cl)c1. The molecule has 0 unspecified atom stereocenters. The number of aromatic carboxylic acids is 1. The van der Waals surface area contributed by atoms with Crippen molar-refractivity contribution in [1.29, 1.82) is 0 Å². The molecule has 2 aromatic rings. The van der Waals surface area contributed by atoms with E-state index in [4.69, 9.17) is 21.4 Å². The third-order valence-electron chi connectivity index (χ3n) is 2.34. The number of rotatable bonds is 3. The van der Waals surface area contributed by atoms with Crippen molar-refractivity contribution in [2.75, 3.05) is 0 Å². The summed E-state index contributed by atoms with van der Waals surface area (Å²) in [5.74, 6) is -2.03. The monoisotopic (exact) mass is 281 g/mol. The van der Waals surface area contributed by atoms with E-state index in [0.29, 0.717) is 5.02 Å². The third-order valence-corrected chi connectivity index (χ3v) is 2.64. The zero-order chi connectivity index (χ0) is 14.0. The van der Waals surface area contributed by atoms with Gasteiger partial charge in [0.1, 0.15) is 17.1 Å². The Balaban J connectivity index is 2.40. The van der Waals surface area contributed by atoms with E-state index in [9.17, 15) is 9.18 Å². The van der Waals surface area contributed by atoms with Gasteiger partial charge in [0.15, 0.2) is 0 Å². The van der Waals surface area contributed by atoms with Gasteiger partial charge >= 0.3 is 5.97 Å². The summed E-state index contributed by atoms with van der Waals surface area (Å²) < 4.78 is 18.3. The molecule has 4 nitrogen and oxygen atoms in total. The Hall–Kier alpha value is -2.14. The fourth-order valence-corrected chi connectivity index (χ4v) is 1.73. The van der Waals surface area contributed by atoms with E-state index in [0.717, 1.165) is 17.8 Å². The van der Waals surface area contributed by atoms with Gasteiger partial charge in [-0.05, 0) is 30.7 Å². The Morgan fingerprint density at radius 1 is 1.42 bits per heavy atom. The topological polar surface area (TPSA) is 59.4 Å². The molecule has 98 valence electrons. The highest BCUT2D eigenvalue weighted by molar-refractivity contribution is 6.32. The van der Waals surface area contributed by atoms with Crippen LogP contribution in [0.15, 0.2) is 30.5 Å². The third kappa shape index (κ3) is 3.00. The number of carboxylic acid groups (broad SMARTS) is 1. The molecular weight excluding hydrogens is 273 g/mol. The number of ether oxygens (including phenoxy) is 1. The normalized spacial score (nSPS) is 10.3. The van der Waals surface area contributed by atoms with Crippen LogP contribution in [-0.2, 0) is 0 Å². The number of nitrogens with zero attached hydrogens (tertiary/aromatic N) is 1. The molecule has 0 aliphatic carbocycles. The first kappa shape index (κ1) is 13.3. The lowest BCUT2D eigenvalue weighted by atomic mass is 10.2. The number of halogens is 2. The molecule has 0 aliphatic rings. The average molecular weight is 282 g/mol. The summed E-state index contributed by atoms with van der Waals surface area (Å²) in [5.41, 5.74) is 0.569. The minimum atomic E-state index is -1.33. The van der Waals surface area contributed by atoms with Gasteiger partial charge in [0, 0.05) is 0 Å². The van der Waals surface area contributed by atoms with Gasteiger partial charge < -0.3 is 9.84 Å². The molecule has 0 aliphatic heterocycles. The second-order valence-electron chi connectivity index (χ2n) is 3.85. The lowest BCUT2D eigenvalue weighted by Crippen LogP contribution is -2.03. The van der Waals surface area contributed by atoms with Crippen LogP contribution < -0.4 is 4.74 Å². The Morgan fingerprint density at radius 3 is 2.79 bits per heavy atom. The highest BCUT2D eigenvalue weighted by atomic mass is 35.5. The van der Waals surface area contributed by atoms with Crippen LogP contribution in [0.4, 0.5) is 4.39 Å². The van der Waals surface area contributed by atoms with Crippen LogP contribution in [0.3, 0.4) is 0 Å². The molecule has 6 heteroatoms. The average Bonchev–Trinajstić information content (AvgIpc) is 2.34. The number of aromatic nitrogens is 1. The molecule has 0 saturated carbocycles. The van der Waals surface area contributed by atoms with Gasteiger partial charge in [0.2, 0.25) is 5.88 Å². The van der Waals surface area contributed by atoms with Gasteiger partial charge in [-0.2, -0.15) is 0 Å². The van der Waals surface area contributed by atoms with Gasteiger partial charge in [0.25, 0.3) is 0 Å². The highest BCUT2D eigenvalue weighted by Gasteiger charge is 2.16. The predicted octanol–water partition coefficient (Wildman–Crippen LogP) is 3.67. The number of aryl methyl sites for hydroxylation is 1. The van der Waals surface area contributed by atoms with E-state index in [1.165, 1.54) is 0 Å². The zero-order valence-electron chi connectivity index (χ0n) is 9.85. The van der Waals surface area contributed by atoms with Gasteiger partial charge in [-0.25, -0.2) is 14.2 Å². The van der Waals surface area contributed by atoms with E-state index in [-0.39, 0.29) is 17.2 Å². The van der Waals surface area contributed by atoms with Gasteiger partial charge in [0.05, 0.1) is 11.2 Å². The Kier molecular flexibility index (Phi) is 3.66. The Bertz CT molecular complexity index is 646. The minimum absolute atomic E-state index is 0.209. The molecule has 0 atom stereocenters. The molecule has 0 saturated heterocycles. The van der Waals surface area contributed by atoms with E-state index in [1.807, 2.05) is 6.92 Å². The van der Waals surface area contributed by atoms with E-state index in [2.05, 4.69) is 4.98 Å². The maximum Gasteiger partial charge on any atom is 0.341 e. The number of carbonyl (C=O) groups is 1. The molecule has 0 radical (unpaired) electrons. The Labute approximate surface area is 113 Å². The summed E-state index contributed by atoms with van der Waals surface area (Å²) >= 11 is 5.97. The largest absolute Gasteiger partial charge is 0.477 e. The van der Waals surface area contributed by atoms with E-state index < -0.39 is 11.8 Å². The molecule has 2 rings (SSSR count). The summed E-state index contributed by atoms with van der Waals surface area (Å²) in [5, 5.41) is 9.28. The number of pyridine rings is 1. The predicted molar refractivity (Wildman–Crippen MR) is 67.4 cm³/mol. The van der Waals surface area contributed by atoms with Crippen LogP contribution >= 0.6 is 11.6 Å². The van der Waals surface area contributed by atoms with Crippen LogP contribution in [0.1, 0.15) is 15.9 Å². The lowest BCUT2D eigenvalue weighted by Gasteiger charge is -2.09. The lowest BCUT2D eigenvalue weighted by molar-refractivity contribution is 0.0692. The maximum absolute atomic E-state index is 13.0. The molecule has 0 spiro atoms. The van der Waals surface area contributed by atoms with Crippen molar-refractivity contribution >= 4 is 17.6 Å². The summed E-state index contributed by atoms with van der Waals surface area (Å²) in [4.78, 5) is 14.6. The summed E-state index contributed by atoms with van der Waals surface area (Å²) in [7, 11) is 0. The van der Waals surface area contributed by atoms with Gasteiger partial charge in [-0.15, -0.1) is 0 Å². The van der Waals surface area contributed by atoms with Crippen LogP contribution in [0.5, 0.6) is 11.6 Å². The molecule has 19 heavy (non-hydrogen) atoms. The summed E-state index contributed by atoms with van der Waals surface area (Å²) in [6.07, 6.45) is 0.879. The van der Waals surface area contributed by atoms with Crippen molar-refractivity contribution < 1.29 is 19.0 Å². The van der Waals surface area contributed by atoms with Gasteiger partial charge in [-0.3, -0.25) is 0 Å². The number of carboxylic acids is 1. The molecule has 1 N–H and O–H groups in total. The standard InChI is InChI=1S/C13H9ClFNO3/c1-7-2-3-11(10(14)4-7)19-12-9(13(17)18)5-8(15)6-16-12/h2-6H,1H3,(H,17,18). The summed E-state index contributed by atoms with van der Waals surface area (Å²) in [6, 6.07) is 5.85. The fourth-order valence-electron chi connectivity index (χ4n) is 1.45. The molecule has 0 bridgehead atoms. The van der Waals surface area contributed by atoms with Crippen LogP contribution in [0.2, 0.25) is 5.02 Å². The molecule has 1 aromatic carbocycles. The van der Waals surface area contributed by atoms with Crippen molar-refractivity contribution in [1.82, 2.24) is 4.98 Å². The summed E-state index contributed by atoms with van der Waals surface area (Å²) in [6.45, 7) is 1.86. The number of benzene rings is 1. The van der Waals surface area contributed by atoms with Crippen LogP contribution in [0, 0.1) is 12.7 Å².